The number of carbonyl (C=O) groups is 1. The maximum absolute atomic E-state index is 12.4. The summed E-state index contributed by atoms with van der Waals surface area (Å²) in [5.41, 5.74) is 0. The Labute approximate surface area is 143 Å². The Hall–Kier alpha value is -0.520. The van der Waals surface area contributed by atoms with Gasteiger partial charge in [-0.3, -0.25) is 4.79 Å². The van der Waals surface area contributed by atoms with Crippen LogP contribution in [0.4, 0.5) is 0 Å². The SMILES string of the molecule is O=C(C1CC=CC1)N1CC2(CC(OCC3CCOCC3)CS2)C1. The Bertz CT molecular complexity index is 461. The van der Waals surface area contributed by atoms with Gasteiger partial charge in [0.1, 0.15) is 0 Å². The first-order valence-electron chi connectivity index (χ1n) is 9.01. The number of hydrogen-bond donors (Lipinski definition) is 0. The molecule has 4 nitrogen and oxygen atoms in total. The van der Waals surface area contributed by atoms with E-state index in [4.69, 9.17) is 9.47 Å². The van der Waals surface area contributed by atoms with Crippen molar-refractivity contribution in [3.63, 3.8) is 0 Å². The largest absolute Gasteiger partial charge is 0.381 e. The maximum atomic E-state index is 12.4. The van der Waals surface area contributed by atoms with Crippen LogP contribution in [0.25, 0.3) is 0 Å². The van der Waals surface area contributed by atoms with Crippen LogP contribution in [0.15, 0.2) is 12.2 Å². The Kier molecular flexibility index (Phi) is 4.70. The number of hydrogen-bond acceptors (Lipinski definition) is 4. The third-order valence-electron chi connectivity index (χ3n) is 5.71. The molecule has 0 saturated carbocycles. The van der Waals surface area contributed by atoms with Crippen molar-refractivity contribution in [2.75, 3.05) is 38.7 Å². The molecule has 4 aliphatic rings. The number of ether oxygens (including phenoxy) is 2. The molecule has 3 fully saturated rings. The van der Waals surface area contributed by atoms with E-state index in [0.29, 0.717) is 22.7 Å². The minimum atomic E-state index is 0.222. The molecular formula is C18H27NO3S. The Morgan fingerprint density at radius 1 is 1.26 bits per heavy atom. The zero-order valence-corrected chi connectivity index (χ0v) is 14.6. The summed E-state index contributed by atoms with van der Waals surface area (Å²) in [6, 6.07) is 0. The van der Waals surface area contributed by atoms with Crippen LogP contribution in [0.1, 0.15) is 32.1 Å². The predicted molar refractivity (Wildman–Crippen MR) is 91.5 cm³/mol. The molecule has 0 aromatic rings. The number of thioether (sulfide) groups is 1. The van der Waals surface area contributed by atoms with Crippen molar-refractivity contribution in [3.05, 3.63) is 12.2 Å². The highest BCUT2D eigenvalue weighted by Gasteiger charge is 2.51. The lowest BCUT2D eigenvalue weighted by atomic mass is 9.91. The highest BCUT2D eigenvalue weighted by molar-refractivity contribution is 8.01. The van der Waals surface area contributed by atoms with E-state index in [0.717, 1.165) is 70.8 Å². The lowest BCUT2D eigenvalue weighted by molar-refractivity contribution is -0.140. The molecule has 0 aromatic heterocycles. The summed E-state index contributed by atoms with van der Waals surface area (Å²) in [4.78, 5) is 14.5. The van der Waals surface area contributed by atoms with Crippen molar-refractivity contribution in [1.82, 2.24) is 4.90 Å². The van der Waals surface area contributed by atoms with E-state index < -0.39 is 0 Å². The molecule has 1 unspecified atom stereocenters. The molecule has 1 atom stereocenters. The topological polar surface area (TPSA) is 38.8 Å². The van der Waals surface area contributed by atoms with Gasteiger partial charge in [-0.2, -0.15) is 0 Å². The van der Waals surface area contributed by atoms with E-state index >= 15 is 0 Å². The van der Waals surface area contributed by atoms with Crippen molar-refractivity contribution in [3.8, 4) is 0 Å². The second kappa shape index (κ2) is 6.77. The lowest BCUT2D eigenvalue weighted by Gasteiger charge is -2.48. The molecule has 0 bridgehead atoms. The lowest BCUT2D eigenvalue weighted by Crippen LogP contribution is -2.61. The summed E-state index contributed by atoms with van der Waals surface area (Å²) >= 11 is 2.03. The Balaban J connectivity index is 1.19. The quantitative estimate of drug-likeness (QED) is 0.739. The first kappa shape index (κ1) is 16.0. The summed E-state index contributed by atoms with van der Waals surface area (Å²) in [6.45, 7) is 4.55. The van der Waals surface area contributed by atoms with Crippen molar-refractivity contribution in [2.45, 2.75) is 43.0 Å². The fourth-order valence-electron chi connectivity index (χ4n) is 4.20. The van der Waals surface area contributed by atoms with Gasteiger partial charge in [0, 0.05) is 44.6 Å². The van der Waals surface area contributed by atoms with Crippen molar-refractivity contribution < 1.29 is 14.3 Å². The van der Waals surface area contributed by atoms with Gasteiger partial charge < -0.3 is 14.4 Å². The van der Waals surface area contributed by atoms with Gasteiger partial charge >= 0.3 is 0 Å². The Morgan fingerprint density at radius 2 is 2.00 bits per heavy atom. The first-order valence-corrected chi connectivity index (χ1v) is 10.00. The van der Waals surface area contributed by atoms with Crippen LogP contribution in [0.3, 0.4) is 0 Å². The molecule has 1 spiro atoms. The zero-order chi connectivity index (χ0) is 15.7. The van der Waals surface area contributed by atoms with Gasteiger partial charge in [0.05, 0.1) is 10.9 Å². The molecule has 5 heteroatoms. The summed E-state index contributed by atoms with van der Waals surface area (Å²) in [6.07, 6.45) is 9.94. The van der Waals surface area contributed by atoms with Crippen LogP contribution in [0.5, 0.6) is 0 Å². The minimum Gasteiger partial charge on any atom is -0.381 e. The van der Waals surface area contributed by atoms with Gasteiger partial charge in [0.15, 0.2) is 0 Å². The number of nitrogens with zero attached hydrogens (tertiary/aromatic N) is 1. The van der Waals surface area contributed by atoms with E-state index in [1.54, 1.807) is 0 Å². The summed E-state index contributed by atoms with van der Waals surface area (Å²) < 4.78 is 11.9. The maximum Gasteiger partial charge on any atom is 0.226 e. The average Bonchev–Trinajstić information content (AvgIpc) is 3.22. The van der Waals surface area contributed by atoms with Gasteiger partial charge in [-0.05, 0) is 38.0 Å². The highest BCUT2D eigenvalue weighted by atomic mass is 32.2. The molecule has 23 heavy (non-hydrogen) atoms. The normalized spacial score (nSPS) is 31.0. The fraction of sp³-hybridized carbons (Fsp3) is 0.833. The third-order valence-corrected chi connectivity index (χ3v) is 7.29. The van der Waals surface area contributed by atoms with Crippen LogP contribution >= 0.6 is 11.8 Å². The molecule has 3 saturated heterocycles. The third kappa shape index (κ3) is 3.47. The molecule has 3 aliphatic heterocycles. The molecule has 1 amide bonds. The highest BCUT2D eigenvalue weighted by Crippen LogP contribution is 2.46. The molecule has 0 aromatic carbocycles. The summed E-state index contributed by atoms with van der Waals surface area (Å²) in [5.74, 6) is 2.36. The molecule has 0 radical (unpaired) electrons. The van der Waals surface area contributed by atoms with Crippen LogP contribution in [-0.2, 0) is 14.3 Å². The van der Waals surface area contributed by atoms with Gasteiger partial charge in [-0.15, -0.1) is 11.8 Å². The second-order valence-electron chi connectivity index (χ2n) is 7.54. The zero-order valence-electron chi connectivity index (χ0n) is 13.7. The predicted octanol–water partition coefficient (Wildman–Crippen LogP) is 2.48. The van der Waals surface area contributed by atoms with Crippen molar-refractivity contribution >= 4 is 17.7 Å². The van der Waals surface area contributed by atoms with Crippen LogP contribution in [0.2, 0.25) is 0 Å². The number of carbonyl (C=O) groups excluding carboxylic acids is 1. The van der Waals surface area contributed by atoms with Gasteiger partial charge in [-0.25, -0.2) is 0 Å². The van der Waals surface area contributed by atoms with Gasteiger partial charge in [0.2, 0.25) is 5.91 Å². The molecule has 1 aliphatic carbocycles. The monoisotopic (exact) mass is 337 g/mol. The average molecular weight is 337 g/mol. The second-order valence-corrected chi connectivity index (χ2v) is 9.03. The van der Waals surface area contributed by atoms with Gasteiger partial charge in [-0.1, -0.05) is 12.2 Å². The fourth-order valence-corrected chi connectivity index (χ4v) is 5.75. The van der Waals surface area contributed by atoms with Crippen molar-refractivity contribution in [2.24, 2.45) is 11.8 Å². The van der Waals surface area contributed by atoms with Gasteiger partial charge in [0.25, 0.3) is 0 Å². The summed E-state index contributed by atoms with van der Waals surface area (Å²) in [7, 11) is 0. The van der Waals surface area contributed by atoms with E-state index in [-0.39, 0.29) is 5.92 Å². The molecule has 3 heterocycles. The summed E-state index contributed by atoms with van der Waals surface area (Å²) in [5, 5.41) is 0. The smallest absolute Gasteiger partial charge is 0.226 e. The number of likely N-dealkylation sites (tertiary alicyclic amines) is 1. The molecule has 128 valence electrons. The number of rotatable bonds is 4. The minimum absolute atomic E-state index is 0.222. The van der Waals surface area contributed by atoms with Crippen LogP contribution in [0, 0.1) is 11.8 Å². The number of allylic oxidation sites excluding steroid dienone is 2. The molecular weight excluding hydrogens is 310 g/mol. The van der Waals surface area contributed by atoms with Crippen molar-refractivity contribution in [1.29, 1.82) is 0 Å². The molecule has 0 N–H and O–H groups in total. The number of amides is 1. The van der Waals surface area contributed by atoms with E-state index in [1.807, 2.05) is 11.8 Å². The standard InChI is InChI=1S/C18H27NO3S/c20-17(15-3-1-2-4-15)19-12-18(13-19)9-16(11-23-18)22-10-14-5-7-21-8-6-14/h1-2,14-16H,3-13H2. The van der Waals surface area contributed by atoms with Crippen LogP contribution in [-0.4, -0.2) is 60.3 Å². The molecule has 4 rings (SSSR count). The van der Waals surface area contributed by atoms with E-state index in [9.17, 15) is 4.79 Å². The first-order chi connectivity index (χ1) is 11.2. The Morgan fingerprint density at radius 3 is 2.74 bits per heavy atom. The van der Waals surface area contributed by atoms with E-state index in [1.165, 1.54) is 0 Å². The van der Waals surface area contributed by atoms with Crippen LogP contribution < -0.4 is 0 Å². The van der Waals surface area contributed by atoms with E-state index in [2.05, 4.69) is 17.1 Å².